The molecule has 2 aromatic carbocycles. The van der Waals surface area contributed by atoms with E-state index in [0.29, 0.717) is 17.4 Å². The molecule has 0 fully saturated rings. The molecule has 122 valence electrons. The van der Waals surface area contributed by atoms with E-state index < -0.39 is 9.84 Å². The standard InChI is InChI=1S/C17H21N3O2S/c1-3-13-5-4-6-15(11-13)20-17(18)19-12-14-7-9-16(10-8-14)23(2,21)22/h4-11H,3,12H2,1-2H3,(H3,18,19,20). The minimum absolute atomic E-state index is 0.299. The first-order chi connectivity index (χ1) is 10.9. The molecule has 0 bridgehead atoms. The molecule has 0 saturated heterocycles. The molecule has 0 aliphatic heterocycles. The van der Waals surface area contributed by atoms with Crippen molar-refractivity contribution in [2.75, 3.05) is 11.6 Å². The van der Waals surface area contributed by atoms with E-state index in [-0.39, 0.29) is 0 Å². The molecule has 0 spiro atoms. The lowest BCUT2D eigenvalue weighted by Gasteiger charge is -2.07. The zero-order valence-corrected chi connectivity index (χ0v) is 14.1. The second-order valence-corrected chi connectivity index (χ2v) is 7.31. The van der Waals surface area contributed by atoms with Crippen molar-refractivity contribution in [1.82, 2.24) is 0 Å². The van der Waals surface area contributed by atoms with Crippen LogP contribution in [0.4, 0.5) is 5.69 Å². The molecule has 3 N–H and O–H groups in total. The van der Waals surface area contributed by atoms with Crippen LogP contribution in [0.1, 0.15) is 18.1 Å². The van der Waals surface area contributed by atoms with Gasteiger partial charge in [-0.05, 0) is 41.8 Å². The van der Waals surface area contributed by atoms with Gasteiger partial charge in [0.2, 0.25) is 0 Å². The highest BCUT2D eigenvalue weighted by atomic mass is 32.2. The Morgan fingerprint density at radius 2 is 1.83 bits per heavy atom. The predicted octanol–water partition coefficient (Wildman–Crippen LogP) is 2.58. The Hall–Kier alpha value is -2.34. The molecular formula is C17H21N3O2S. The van der Waals surface area contributed by atoms with Crippen molar-refractivity contribution in [3.05, 3.63) is 59.7 Å². The number of aryl methyl sites for hydroxylation is 1. The fourth-order valence-corrected chi connectivity index (χ4v) is 2.71. The SMILES string of the molecule is CCc1cccc(NC(N)=NCc2ccc(S(C)(=O)=O)cc2)c1. The molecule has 6 heteroatoms. The molecule has 0 atom stereocenters. The zero-order valence-electron chi connectivity index (χ0n) is 13.3. The van der Waals surface area contributed by atoms with Crippen LogP contribution in [0.5, 0.6) is 0 Å². The first-order valence-corrected chi connectivity index (χ1v) is 9.22. The molecule has 2 aromatic rings. The lowest BCUT2D eigenvalue weighted by molar-refractivity contribution is 0.602. The second kappa shape index (κ2) is 7.28. The van der Waals surface area contributed by atoms with Crippen molar-refractivity contribution in [2.24, 2.45) is 10.7 Å². The van der Waals surface area contributed by atoms with Gasteiger partial charge in [0.25, 0.3) is 0 Å². The maximum Gasteiger partial charge on any atom is 0.193 e. The summed E-state index contributed by atoms with van der Waals surface area (Å²) < 4.78 is 22.8. The largest absolute Gasteiger partial charge is 0.370 e. The van der Waals surface area contributed by atoms with Gasteiger partial charge in [-0.2, -0.15) is 0 Å². The second-order valence-electron chi connectivity index (χ2n) is 5.30. The van der Waals surface area contributed by atoms with E-state index in [2.05, 4.69) is 23.3 Å². The first kappa shape index (κ1) is 17.0. The van der Waals surface area contributed by atoms with Crippen molar-refractivity contribution < 1.29 is 8.42 Å². The Bertz CT molecular complexity index is 797. The smallest absolute Gasteiger partial charge is 0.193 e. The molecule has 2 rings (SSSR count). The molecule has 5 nitrogen and oxygen atoms in total. The molecule has 0 radical (unpaired) electrons. The quantitative estimate of drug-likeness (QED) is 0.651. The number of nitrogens with zero attached hydrogens (tertiary/aromatic N) is 1. The third-order valence-electron chi connectivity index (χ3n) is 3.39. The topological polar surface area (TPSA) is 84.5 Å². The molecular weight excluding hydrogens is 310 g/mol. The van der Waals surface area contributed by atoms with Gasteiger partial charge in [-0.25, -0.2) is 13.4 Å². The highest BCUT2D eigenvalue weighted by Crippen LogP contribution is 2.12. The van der Waals surface area contributed by atoms with E-state index in [1.807, 2.05) is 18.2 Å². The number of aliphatic imine (C=N–C) groups is 1. The average Bonchev–Trinajstić information content (AvgIpc) is 2.52. The number of guanidine groups is 1. The monoisotopic (exact) mass is 331 g/mol. The van der Waals surface area contributed by atoms with Gasteiger partial charge in [0.1, 0.15) is 0 Å². The summed E-state index contributed by atoms with van der Waals surface area (Å²) in [6, 6.07) is 14.6. The number of nitrogens with two attached hydrogens (primary N) is 1. The number of anilines is 1. The van der Waals surface area contributed by atoms with Crippen LogP contribution in [-0.4, -0.2) is 20.6 Å². The Morgan fingerprint density at radius 3 is 2.43 bits per heavy atom. The van der Waals surface area contributed by atoms with E-state index in [4.69, 9.17) is 5.73 Å². The van der Waals surface area contributed by atoms with Gasteiger partial charge in [-0.3, -0.25) is 0 Å². The maximum atomic E-state index is 11.4. The van der Waals surface area contributed by atoms with Gasteiger partial charge in [0.05, 0.1) is 11.4 Å². The summed E-state index contributed by atoms with van der Waals surface area (Å²) in [5.74, 6) is 0.324. The lowest BCUT2D eigenvalue weighted by atomic mass is 10.1. The molecule has 23 heavy (non-hydrogen) atoms. The fourth-order valence-electron chi connectivity index (χ4n) is 2.07. The van der Waals surface area contributed by atoms with Crippen molar-refractivity contribution in [2.45, 2.75) is 24.8 Å². The van der Waals surface area contributed by atoms with Crippen molar-refractivity contribution in [3.63, 3.8) is 0 Å². The number of hydrogen-bond donors (Lipinski definition) is 2. The van der Waals surface area contributed by atoms with E-state index in [1.54, 1.807) is 24.3 Å². The van der Waals surface area contributed by atoms with E-state index >= 15 is 0 Å². The zero-order chi connectivity index (χ0) is 16.9. The van der Waals surface area contributed by atoms with Crippen molar-refractivity contribution in [1.29, 1.82) is 0 Å². The average molecular weight is 331 g/mol. The normalized spacial score (nSPS) is 12.2. The van der Waals surface area contributed by atoms with Gasteiger partial charge in [-0.1, -0.05) is 31.2 Å². The summed E-state index contributed by atoms with van der Waals surface area (Å²) in [4.78, 5) is 4.57. The molecule has 0 aliphatic rings. The van der Waals surface area contributed by atoms with Gasteiger partial charge < -0.3 is 11.1 Å². The van der Waals surface area contributed by atoms with E-state index in [1.165, 1.54) is 11.8 Å². The van der Waals surface area contributed by atoms with Crippen molar-refractivity contribution >= 4 is 21.5 Å². The van der Waals surface area contributed by atoms with Crippen LogP contribution in [-0.2, 0) is 22.8 Å². The minimum atomic E-state index is -3.17. The van der Waals surface area contributed by atoms with Crippen LogP contribution in [0.3, 0.4) is 0 Å². The molecule has 0 saturated carbocycles. The summed E-state index contributed by atoms with van der Waals surface area (Å²) in [5.41, 5.74) is 8.90. The third kappa shape index (κ3) is 5.10. The van der Waals surface area contributed by atoms with Gasteiger partial charge in [0.15, 0.2) is 15.8 Å². The van der Waals surface area contributed by atoms with Crippen LogP contribution in [0.2, 0.25) is 0 Å². The third-order valence-corrected chi connectivity index (χ3v) is 4.52. The Balaban J connectivity index is 2.01. The van der Waals surface area contributed by atoms with Crippen LogP contribution in [0.15, 0.2) is 58.4 Å². The number of nitrogens with one attached hydrogen (secondary N) is 1. The first-order valence-electron chi connectivity index (χ1n) is 7.33. The predicted molar refractivity (Wildman–Crippen MR) is 94.3 cm³/mol. The van der Waals surface area contributed by atoms with Gasteiger partial charge in [0, 0.05) is 11.9 Å². The Kier molecular flexibility index (Phi) is 5.39. The van der Waals surface area contributed by atoms with Gasteiger partial charge >= 0.3 is 0 Å². The molecule has 0 aromatic heterocycles. The summed E-state index contributed by atoms with van der Waals surface area (Å²) in [6.07, 6.45) is 2.14. The maximum absolute atomic E-state index is 11.4. The Labute approximate surface area is 137 Å². The Morgan fingerprint density at radius 1 is 1.13 bits per heavy atom. The number of rotatable bonds is 5. The summed E-state index contributed by atoms with van der Waals surface area (Å²) in [6.45, 7) is 2.48. The lowest BCUT2D eigenvalue weighted by Crippen LogP contribution is -2.22. The van der Waals surface area contributed by atoms with Crippen LogP contribution in [0.25, 0.3) is 0 Å². The minimum Gasteiger partial charge on any atom is -0.370 e. The number of sulfone groups is 1. The summed E-state index contributed by atoms with van der Waals surface area (Å²) >= 11 is 0. The highest BCUT2D eigenvalue weighted by molar-refractivity contribution is 7.90. The van der Waals surface area contributed by atoms with Crippen LogP contribution in [0, 0.1) is 0 Å². The molecule has 0 amide bonds. The number of hydrogen-bond acceptors (Lipinski definition) is 3. The van der Waals surface area contributed by atoms with E-state index in [0.717, 1.165) is 17.7 Å². The van der Waals surface area contributed by atoms with Crippen LogP contribution < -0.4 is 11.1 Å². The fraction of sp³-hybridized carbons (Fsp3) is 0.235. The molecule has 0 heterocycles. The summed E-state index contributed by atoms with van der Waals surface area (Å²) in [7, 11) is -3.17. The highest BCUT2D eigenvalue weighted by Gasteiger charge is 2.05. The van der Waals surface area contributed by atoms with Gasteiger partial charge in [-0.15, -0.1) is 0 Å². The van der Waals surface area contributed by atoms with Crippen LogP contribution >= 0.6 is 0 Å². The molecule has 0 aliphatic carbocycles. The summed E-state index contributed by atoms with van der Waals surface area (Å²) in [5, 5.41) is 3.05. The van der Waals surface area contributed by atoms with E-state index in [9.17, 15) is 8.42 Å². The van der Waals surface area contributed by atoms with Crippen molar-refractivity contribution in [3.8, 4) is 0 Å². The molecule has 0 unspecified atom stereocenters. The number of benzene rings is 2.